The minimum Gasteiger partial charge on any atom is -0.496 e. The van der Waals surface area contributed by atoms with E-state index in [0.29, 0.717) is 18.5 Å². The van der Waals surface area contributed by atoms with Gasteiger partial charge < -0.3 is 15.0 Å². The number of nitrogens with one attached hydrogen (secondary N) is 1. The largest absolute Gasteiger partial charge is 0.496 e. The smallest absolute Gasteiger partial charge is 0.253 e. The van der Waals surface area contributed by atoms with Crippen LogP contribution in [0.4, 0.5) is 0 Å². The van der Waals surface area contributed by atoms with E-state index in [-0.39, 0.29) is 5.91 Å². The van der Waals surface area contributed by atoms with Gasteiger partial charge in [-0.3, -0.25) is 4.79 Å². The standard InChI is InChI=1S/C22H26N4O2/c1-25(2)15-17-14-24-26(16-17)20-10-6-5-9-19(20)22(27)23-13-12-18-8-4-7-11-21(18)28-3/h4-11,14,16H,12-13,15H2,1-3H3,(H,23,27). The zero-order valence-corrected chi connectivity index (χ0v) is 16.6. The summed E-state index contributed by atoms with van der Waals surface area (Å²) in [6.45, 7) is 1.33. The van der Waals surface area contributed by atoms with Gasteiger partial charge in [-0.25, -0.2) is 4.68 Å². The van der Waals surface area contributed by atoms with Gasteiger partial charge in [0.25, 0.3) is 5.91 Å². The van der Waals surface area contributed by atoms with Crippen molar-refractivity contribution in [1.82, 2.24) is 20.0 Å². The van der Waals surface area contributed by atoms with E-state index < -0.39 is 0 Å². The Bertz CT molecular complexity index is 934. The van der Waals surface area contributed by atoms with Crippen LogP contribution in [0.5, 0.6) is 5.75 Å². The first-order valence-electron chi connectivity index (χ1n) is 9.26. The molecule has 0 aliphatic heterocycles. The number of rotatable bonds is 8. The third kappa shape index (κ3) is 4.78. The summed E-state index contributed by atoms with van der Waals surface area (Å²) in [6.07, 6.45) is 4.49. The van der Waals surface area contributed by atoms with Gasteiger partial charge in [0.05, 0.1) is 24.6 Å². The van der Waals surface area contributed by atoms with E-state index in [1.165, 1.54) is 0 Å². The molecular weight excluding hydrogens is 352 g/mol. The van der Waals surface area contributed by atoms with Crippen LogP contribution in [0.25, 0.3) is 5.69 Å². The summed E-state index contributed by atoms with van der Waals surface area (Å²) < 4.78 is 7.12. The third-order valence-electron chi connectivity index (χ3n) is 4.40. The van der Waals surface area contributed by atoms with E-state index in [9.17, 15) is 4.79 Å². The Morgan fingerprint density at radius 3 is 2.68 bits per heavy atom. The fraction of sp³-hybridized carbons (Fsp3) is 0.273. The van der Waals surface area contributed by atoms with Crippen LogP contribution < -0.4 is 10.1 Å². The molecule has 0 radical (unpaired) electrons. The summed E-state index contributed by atoms with van der Waals surface area (Å²) in [5, 5.41) is 7.43. The Labute approximate surface area is 165 Å². The fourth-order valence-electron chi connectivity index (χ4n) is 3.12. The molecule has 0 aliphatic rings. The highest BCUT2D eigenvalue weighted by molar-refractivity contribution is 5.97. The highest BCUT2D eigenvalue weighted by atomic mass is 16.5. The molecule has 3 aromatic rings. The van der Waals surface area contributed by atoms with Crippen molar-refractivity contribution < 1.29 is 9.53 Å². The van der Waals surface area contributed by atoms with Gasteiger partial charge >= 0.3 is 0 Å². The Morgan fingerprint density at radius 1 is 1.14 bits per heavy atom. The molecule has 3 rings (SSSR count). The maximum Gasteiger partial charge on any atom is 0.253 e. The second-order valence-electron chi connectivity index (χ2n) is 6.87. The first-order chi connectivity index (χ1) is 13.6. The van der Waals surface area contributed by atoms with Crippen molar-refractivity contribution in [3.8, 4) is 11.4 Å². The van der Waals surface area contributed by atoms with Crippen molar-refractivity contribution in [3.63, 3.8) is 0 Å². The molecule has 2 aromatic carbocycles. The Kier molecular flexibility index (Phi) is 6.45. The number of hydrogen-bond acceptors (Lipinski definition) is 4. The highest BCUT2D eigenvalue weighted by Crippen LogP contribution is 2.18. The molecule has 0 saturated heterocycles. The number of hydrogen-bond donors (Lipinski definition) is 1. The number of para-hydroxylation sites is 2. The fourth-order valence-corrected chi connectivity index (χ4v) is 3.12. The summed E-state index contributed by atoms with van der Waals surface area (Å²) in [7, 11) is 5.68. The normalized spacial score (nSPS) is 10.9. The number of methoxy groups -OCH3 is 1. The van der Waals surface area contributed by atoms with Gasteiger partial charge in [-0.1, -0.05) is 30.3 Å². The Hall–Kier alpha value is -3.12. The van der Waals surface area contributed by atoms with E-state index in [4.69, 9.17) is 4.74 Å². The molecule has 0 spiro atoms. The Balaban J connectivity index is 1.70. The molecule has 1 aromatic heterocycles. The molecule has 0 unspecified atom stereocenters. The topological polar surface area (TPSA) is 59.4 Å². The molecular formula is C22H26N4O2. The number of aromatic nitrogens is 2. The first-order valence-corrected chi connectivity index (χ1v) is 9.26. The zero-order chi connectivity index (χ0) is 19.9. The highest BCUT2D eigenvalue weighted by Gasteiger charge is 2.13. The summed E-state index contributed by atoms with van der Waals surface area (Å²) in [4.78, 5) is 14.9. The SMILES string of the molecule is COc1ccccc1CCNC(=O)c1ccccc1-n1cc(CN(C)C)cn1. The molecule has 6 nitrogen and oxygen atoms in total. The van der Waals surface area contributed by atoms with Crippen LogP contribution in [-0.2, 0) is 13.0 Å². The van der Waals surface area contributed by atoms with Crippen LogP contribution in [-0.4, -0.2) is 48.3 Å². The lowest BCUT2D eigenvalue weighted by Gasteiger charge is -2.12. The maximum absolute atomic E-state index is 12.8. The lowest BCUT2D eigenvalue weighted by atomic mass is 10.1. The molecule has 0 bridgehead atoms. The summed E-state index contributed by atoms with van der Waals surface area (Å²) in [5.74, 6) is 0.720. The summed E-state index contributed by atoms with van der Waals surface area (Å²) in [5.41, 5.74) is 3.53. The molecule has 0 fully saturated rings. The molecule has 0 atom stereocenters. The number of amides is 1. The van der Waals surface area contributed by atoms with E-state index in [1.807, 2.05) is 75.0 Å². The lowest BCUT2D eigenvalue weighted by Crippen LogP contribution is -2.27. The number of benzene rings is 2. The van der Waals surface area contributed by atoms with E-state index in [0.717, 1.165) is 29.1 Å². The average molecular weight is 378 g/mol. The van der Waals surface area contributed by atoms with Crippen LogP contribution in [0.15, 0.2) is 60.9 Å². The van der Waals surface area contributed by atoms with E-state index >= 15 is 0 Å². The van der Waals surface area contributed by atoms with Gasteiger partial charge in [0, 0.05) is 24.8 Å². The van der Waals surface area contributed by atoms with Crippen molar-refractivity contribution in [2.24, 2.45) is 0 Å². The van der Waals surface area contributed by atoms with Crippen molar-refractivity contribution in [2.45, 2.75) is 13.0 Å². The van der Waals surface area contributed by atoms with Crippen molar-refractivity contribution in [2.75, 3.05) is 27.7 Å². The summed E-state index contributed by atoms with van der Waals surface area (Å²) >= 11 is 0. The lowest BCUT2D eigenvalue weighted by molar-refractivity contribution is 0.0954. The quantitative estimate of drug-likeness (QED) is 0.655. The predicted octanol–water partition coefficient (Wildman–Crippen LogP) is 2.92. The molecule has 1 heterocycles. The van der Waals surface area contributed by atoms with Gasteiger partial charge in [0.1, 0.15) is 5.75 Å². The van der Waals surface area contributed by atoms with Crippen LogP contribution in [0.2, 0.25) is 0 Å². The van der Waals surface area contributed by atoms with Crippen LogP contribution in [0, 0.1) is 0 Å². The predicted molar refractivity (Wildman–Crippen MR) is 110 cm³/mol. The zero-order valence-electron chi connectivity index (χ0n) is 16.6. The van der Waals surface area contributed by atoms with Gasteiger partial charge in [0.2, 0.25) is 0 Å². The first kappa shape index (κ1) is 19.6. The molecule has 28 heavy (non-hydrogen) atoms. The minimum absolute atomic E-state index is 0.116. The molecule has 146 valence electrons. The van der Waals surface area contributed by atoms with Crippen LogP contribution >= 0.6 is 0 Å². The second kappa shape index (κ2) is 9.19. The van der Waals surface area contributed by atoms with Crippen LogP contribution in [0.3, 0.4) is 0 Å². The maximum atomic E-state index is 12.8. The Morgan fingerprint density at radius 2 is 1.89 bits per heavy atom. The van der Waals surface area contributed by atoms with Crippen molar-refractivity contribution in [3.05, 3.63) is 77.6 Å². The van der Waals surface area contributed by atoms with Crippen molar-refractivity contribution >= 4 is 5.91 Å². The minimum atomic E-state index is -0.116. The van der Waals surface area contributed by atoms with Gasteiger partial charge in [-0.2, -0.15) is 5.10 Å². The van der Waals surface area contributed by atoms with Gasteiger partial charge in [-0.05, 0) is 44.3 Å². The second-order valence-corrected chi connectivity index (χ2v) is 6.87. The monoisotopic (exact) mass is 378 g/mol. The van der Waals surface area contributed by atoms with Gasteiger partial charge in [-0.15, -0.1) is 0 Å². The van der Waals surface area contributed by atoms with E-state index in [2.05, 4.69) is 15.3 Å². The molecule has 1 N–H and O–H groups in total. The van der Waals surface area contributed by atoms with E-state index in [1.54, 1.807) is 11.8 Å². The molecule has 6 heteroatoms. The molecule has 1 amide bonds. The number of nitrogens with zero attached hydrogens (tertiary/aromatic N) is 3. The van der Waals surface area contributed by atoms with Gasteiger partial charge in [0.15, 0.2) is 0 Å². The number of carbonyl (C=O) groups excluding carboxylic acids is 1. The number of carbonyl (C=O) groups is 1. The van der Waals surface area contributed by atoms with Crippen molar-refractivity contribution in [1.29, 1.82) is 0 Å². The molecule has 0 aliphatic carbocycles. The molecule has 0 saturated carbocycles. The third-order valence-corrected chi connectivity index (χ3v) is 4.40. The average Bonchev–Trinajstić information content (AvgIpc) is 3.16. The number of ether oxygens (including phenoxy) is 1. The summed E-state index contributed by atoms with van der Waals surface area (Å²) in [6, 6.07) is 15.3. The van der Waals surface area contributed by atoms with Crippen LogP contribution in [0.1, 0.15) is 21.5 Å².